The molecule has 6 heteroatoms. The molecule has 0 aliphatic heterocycles. The van der Waals surface area contributed by atoms with Gasteiger partial charge in [0.1, 0.15) is 11.8 Å². The Morgan fingerprint density at radius 2 is 1.39 bits per heavy atom. The number of rotatable bonds is 4. The van der Waals surface area contributed by atoms with Crippen molar-refractivity contribution in [2.75, 3.05) is 10.6 Å². The molecule has 0 atom stereocenters. The molecule has 5 nitrogen and oxygen atoms in total. The topological polar surface area (TPSA) is 62.7 Å². The molecule has 4 aromatic rings. The molecule has 0 amide bonds. The Labute approximate surface area is 137 Å². The maximum Gasteiger partial charge on any atom is 0.189 e. The van der Waals surface area contributed by atoms with Crippen molar-refractivity contribution in [1.82, 2.24) is 15.0 Å². The van der Waals surface area contributed by atoms with E-state index in [4.69, 9.17) is 0 Å². The van der Waals surface area contributed by atoms with E-state index in [1.54, 1.807) is 6.33 Å². The molecule has 112 valence electrons. The molecule has 0 aliphatic carbocycles. The Balaban J connectivity index is 1.67. The van der Waals surface area contributed by atoms with E-state index in [9.17, 15) is 0 Å². The summed E-state index contributed by atoms with van der Waals surface area (Å²) in [5, 5.41) is 7.38. The lowest BCUT2D eigenvalue weighted by Crippen LogP contribution is -1.95. The highest BCUT2D eigenvalue weighted by atomic mass is 32.1. The molecule has 0 fully saturated rings. The van der Waals surface area contributed by atoms with Crippen LogP contribution >= 0.6 is 11.3 Å². The van der Waals surface area contributed by atoms with Gasteiger partial charge < -0.3 is 10.6 Å². The van der Waals surface area contributed by atoms with Crippen molar-refractivity contribution < 1.29 is 0 Å². The second kappa shape index (κ2) is 6.02. The second-order valence-corrected chi connectivity index (χ2v) is 5.85. The van der Waals surface area contributed by atoms with E-state index in [0.717, 1.165) is 26.9 Å². The number of hydrogen-bond donors (Lipinski definition) is 2. The first-order valence-electron chi connectivity index (χ1n) is 7.14. The Kier molecular flexibility index (Phi) is 3.57. The molecule has 0 bridgehead atoms. The highest BCUT2D eigenvalue weighted by Crippen LogP contribution is 2.30. The van der Waals surface area contributed by atoms with Gasteiger partial charge in [0.25, 0.3) is 0 Å². The zero-order valence-electron chi connectivity index (χ0n) is 12.1. The third-order valence-electron chi connectivity index (χ3n) is 3.26. The molecule has 0 unspecified atom stereocenters. The summed E-state index contributed by atoms with van der Waals surface area (Å²) in [6, 6.07) is 19.9. The Morgan fingerprint density at radius 3 is 2.09 bits per heavy atom. The van der Waals surface area contributed by atoms with Crippen LogP contribution in [0.3, 0.4) is 0 Å². The van der Waals surface area contributed by atoms with Crippen LogP contribution < -0.4 is 10.6 Å². The molecular formula is C17H13N5S. The van der Waals surface area contributed by atoms with E-state index in [-0.39, 0.29) is 0 Å². The second-order valence-electron chi connectivity index (χ2n) is 4.88. The van der Waals surface area contributed by atoms with Gasteiger partial charge in [-0.05, 0) is 24.3 Å². The average molecular weight is 319 g/mol. The number of thiazole rings is 1. The molecule has 0 spiro atoms. The summed E-state index contributed by atoms with van der Waals surface area (Å²) in [4.78, 5) is 14.1. The summed E-state index contributed by atoms with van der Waals surface area (Å²) in [6.07, 6.45) is 1.55. The average Bonchev–Trinajstić information content (AvgIpc) is 3.00. The number of fused-ring (bicyclic) bond motifs is 1. The Hall–Kier alpha value is -2.99. The minimum Gasteiger partial charge on any atom is -0.338 e. The lowest BCUT2D eigenvalue weighted by molar-refractivity contribution is 1.22. The maximum atomic E-state index is 4.62. The van der Waals surface area contributed by atoms with Crippen molar-refractivity contribution in [3.05, 3.63) is 67.0 Å². The highest BCUT2D eigenvalue weighted by molar-refractivity contribution is 7.21. The number of hydrogen-bond acceptors (Lipinski definition) is 6. The van der Waals surface area contributed by atoms with Gasteiger partial charge in [0.2, 0.25) is 0 Å². The molecule has 2 aromatic carbocycles. The van der Waals surface area contributed by atoms with Crippen LogP contribution in [0.2, 0.25) is 0 Å². The Morgan fingerprint density at radius 1 is 0.739 bits per heavy atom. The van der Waals surface area contributed by atoms with Gasteiger partial charge in [-0.2, -0.15) is 0 Å². The van der Waals surface area contributed by atoms with E-state index in [0.29, 0.717) is 5.82 Å². The van der Waals surface area contributed by atoms with Crippen LogP contribution in [0.4, 0.5) is 22.3 Å². The molecule has 2 N–H and O–H groups in total. The molecule has 4 rings (SSSR count). The Bertz CT molecular complexity index is 922. The fourth-order valence-electron chi connectivity index (χ4n) is 2.20. The maximum absolute atomic E-state index is 4.62. The number of nitrogens with one attached hydrogen (secondary N) is 2. The van der Waals surface area contributed by atoms with Crippen LogP contribution in [-0.4, -0.2) is 15.0 Å². The van der Waals surface area contributed by atoms with Crippen molar-refractivity contribution in [2.24, 2.45) is 0 Å². The fraction of sp³-hybridized carbons (Fsp3) is 0. The van der Waals surface area contributed by atoms with Crippen LogP contribution in [0.15, 0.2) is 67.0 Å². The highest BCUT2D eigenvalue weighted by Gasteiger charge is 2.11. The summed E-state index contributed by atoms with van der Waals surface area (Å²) < 4.78 is 0. The lowest BCUT2D eigenvalue weighted by atomic mass is 10.3. The van der Waals surface area contributed by atoms with Crippen molar-refractivity contribution in [3.63, 3.8) is 0 Å². The quantitative estimate of drug-likeness (QED) is 0.577. The fourth-order valence-corrected chi connectivity index (χ4v) is 3.03. The normalized spacial score (nSPS) is 10.6. The van der Waals surface area contributed by atoms with Crippen LogP contribution in [0, 0.1) is 0 Å². The van der Waals surface area contributed by atoms with Gasteiger partial charge >= 0.3 is 0 Å². The van der Waals surface area contributed by atoms with E-state index < -0.39 is 0 Å². The molecule has 0 radical (unpaired) electrons. The van der Waals surface area contributed by atoms with Crippen molar-refractivity contribution in [1.29, 1.82) is 0 Å². The van der Waals surface area contributed by atoms with E-state index in [2.05, 4.69) is 25.6 Å². The van der Waals surface area contributed by atoms with E-state index in [1.165, 1.54) is 11.3 Å². The molecular weight excluding hydrogens is 306 g/mol. The monoisotopic (exact) mass is 319 g/mol. The third kappa shape index (κ3) is 2.97. The number of anilines is 4. The van der Waals surface area contributed by atoms with Gasteiger partial charge in [-0.3, -0.25) is 0 Å². The van der Waals surface area contributed by atoms with Crippen molar-refractivity contribution >= 4 is 44.0 Å². The minimum atomic E-state index is 0.707. The van der Waals surface area contributed by atoms with Gasteiger partial charge in [-0.25, -0.2) is 15.0 Å². The van der Waals surface area contributed by atoms with Gasteiger partial charge in [0.05, 0.1) is 0 Å². The summed E-state index contributed by atoms with van der Waals surface area (Å²) in [7, 11) is 0. The molecule has 2 aromatic heterocycles. The smallest absolute Gasteiger partial charge is 0.189 e. The molecule has 0 saturated heterocycles. The lowest BCUT2D eigenvalue weighted by Gasteiger charge is -2.04. The van der Waals surface area contributed by atoms with Crippen LogP contribution in [0.5, 0.6) is 0 Å². The van der Waals surface area contributed by atoms with Crippen molar-refractivity contribution in [2.45, 2.75) is 0 Å². The predicted molar refractivity (Wildman–Crippen MR) is 94.7 cm³/mol. The van der Waals surface area contributed by atoms with E-state index in [1.807, 2.05) is 60.7 Å². The minimum absolute atomic E-state index is 0.707. The first-order valence-corrected chi connectivity index (χ1v) is 7.96. The number of benzene rings is 2. The zero-order valence-corrected chi connectivity index (χ0v) is 12.9. The first-order chi connectivity index (χ1) is 11.4. The summed E-state index contributed by atoms with van der Waals surface area (Å²) in [5.41, 5.74) is 2.73. The van der Waals surface area contributed by atoms with Gasteiger partial charge in [-0.1, -0.05) is 47.7 Å². The predicted octanol–water partition coefficient (Wildman–Crippen LogP) is 4.57. The first kappa shape index (κ1) is 13.7. The van der Waals surface area contributed by atoms with Gasteiger partial charge in [0, 0.05) is 11.4 Å². The molecule has 0 aliphatic rings. The summed E-state index contributed by atoms with van der Waals surface area (Å²) in [6.45, 7) is 0. The number of nitrogens with zero attached hydrogens (tertiary/aromatic N) is 3. The molecule has 2 heterocycles. The molecule has 23 heavy (non-hydrogen) atoms. The SMILES string of the molecule is c1ccc(Nc2nc3c(Nc4ccccc4)ncnc3s2)cc1. The molecule has 0 saturated carbocycles. The van der Waals surface area contributed by atoms with Crippen LogP contribution in [0.1, 0.15) is 0 Å². The number of aromatic nitrogens is 3. The number of para-hydroxylation sites is 2. The van der Waals surface area contributed by atoms with Crippen molar-refractivity contribution in [3.8, 4) is 0 Å². The summed E-state index contributed by atoms with van der Waals surface area (Å²) >= 11 is 1.50. The van der Waals surface area contributed by atoms with Gasteiger partial charge in [0.15, 0.2) is 15.8 Å². The largest absolute Gasteiger partial charge is 0.338 e. The summed E-state index contributed by atoms with van der Waals surface area (Å²) in [5.74, 6) is 0.707. The van der Waals surface area contributed by atoms with Gasteiger partial charge in [-0.15, -0.1) is 0 Å². The van der Waals surface area contributed by atoms with Crippen LogP contribution in [0.25, 0.3) is 10.3 Å². The van der Waals surface area contributed by atoms with Crippen LogP contribution in [-0.2, 0) is 0 Å². The van der Waals surface area contributed by atoms with E-state index >= 15 is 0 Å². The standard InChI is InChI=1S/C17H13N5S/c1-3-7-12(8-4-1)20-15-14-16(19-11-18-15)23-17(22-14)21-13-9-5-2-6-10-13/h1-11H,(H,21,22)(H,18,19,20). The third-order valence-corrected chi connectivity index (χ3v) is 4.14. The zero-order chi connectivity index (χ0) is 15.5.